The predicted molar refractivity (Wildman–Crippen MR) is 101 cm³/mol. The molecule has 1 aromatic carbocycles. The number of ketones is 1. The molecule has 2 aromatic rings. The summed E-state index contributed by atoms with van der Waals surface area (Å²) in [6.07, 6.45) is 0. The summed E-state index contributed by atoms with van der Waals surface area (Å²) in [6, 6.07) is 4.59. The van der Waals surface area contributed by atoms with Crippen LogP contribution in [0.15, 0.2) is 23.6 Å². The Bertz CT molecular complexity index is 815. The Kier molecular flexibility index (Phi) is 5.63. The van der Waals surface area contributed by atoms with Gasteiger partial charge in [-0.25, -0.2) is 9.37 Å². The lowest BCUT2D eigenvalue weighted by Crippen LogP contribution is -2.48. The minimum absolute atomic E-state index is 0.0928. The quantitative estimate of drug-likeness (QED) is 0.813. The molecule has 2 heterocycles. The molecule has 0 atom stereocenters. The smallest absolute Gasteiger partial charge is 0.240 e. The van der Waals surface area contributed by atoms with Gasteiger partial charge in [0.25, 0.3) is 0 Å². The summed E-state index contributed by atoms with van der Waals surface area (Å²) < 4.78 is 14.3. The summed E-state index contributed by atoms with van der Waals surface area (Å²) in [5.41, 5.74) is 1.76. The monoisotopic (exact) mass is 376 g/mol. The molecule has 8 heteroatoms. The third-order valence-electron chi connectivity index (χ3n) is 4.30. The first-order valence-corrected chi connectivity index (χ1v) is 9.30. The number of amides is 1. The molecule has 1 aromatic heterocycles. The van der Waals surface area contributed by atoms with E-state index in [0.29, 0.717) is 42.6 Å². The van der Waals surface area contributed by atoms with Crippen molar-refractivity contribution in [1.29, 1.82) is 0 Å². The number of thiazole rings is 1. The summed E-state index contributed by atoms with van der Waals surface area (Å²) in [5.74, 6) is -0.630. The molecular formula is C18H21FN4O2S. The van der Waals surface area contributed by atoms with Gasteiger partial charge in [-0.2, -0.15) is 0 Å². The Labute approximate surface area is 155 Å². The molecule has 1 N–H and O–H groups in total. The number of hydrogen-bond acceptors (Lipinski definition) is 6. The lowest BCUT2D eigenvalue weighted by Gasteiger charge is -2.35. The fourth-order valence-corrected chi connectivity index (χ4v) is 3.61. The molecule has 0 aliphatic carbocycles. The Morgan fingerprint density at radius 1 is 1.27 bits per heavy atom. The molecule has 0 unspecified atom stereocenters. The predicted octanol–water partition coefficient (Wildman–Crippen LogP) is 2.55. The van der Waals surface area contributed by atoms with Crippen molar-refractivity contribution in [3.8, 4) is 0 Å². The van der Waals surface area contributed by atoms with Gasteiger partial charge in [-0.15, -0.1) is 11.3 Å². The average molecular weight is 376 g/mol. The van der Waals surface area contributed by atoms with Crippen molar-refractivity contribution in [2.24, 2.45) is 0 Å². The molecule has 26 heavy (non-hydrogen) atoms. The van der Waals surface area contributed by atoms with E-state index in [9.17, 15) is 14.0 Å². The molecule has 1 aliphatic heterocycles. The van der Waals surface area contributed by atoms with Crippen molar-refractivity contribution < 1.29 is 14.0 Å². The van der Waals surface area contributed by atoms with E-state index in [1.165, 1.54) is 24.3 Å². The van der Waals surface area contributed by atoms with Crippen LogP contribution in [0.4, 0.5) is 15.2 Å². The van der Waals surface area contributed by atoms with Gasteiger partial charge < -0.3 is 10.2 Å². The number of aromatic nitrogens is 1. The summed E-state index contributed by atoms with van der Waals surface area (Å²) in [6.45, 7) is 6.17. The largest absolute Gasteiger partial charge is 0.367 e. The molecule has 0 bridgehead atoms. The van der Waals surface area contributed by atoms with E-state index in [-0.39, 0.29) is 24.1 Å². The summed E-state index contributed by atoms with van der Waals surface area (Å²) in [5, 5.41) is 5.30. The number of nitrogens with one attached hydrogen (secondary N) is 1. The van der Waals surface area contributed by atoms with Crippen LogP contribution in [0, 0.1) is 12.7 Å². The first kappa shape index (κ1) is 18.5. The van der Waals surface area contributed by atoms with E-state index >= 15 is 0 Å². The van der Waals surface area contributed by atoms with E-state index in [1.807, 2.05) is 22.1 Å². The number of aryl methyl sites for hydroxylation is 1. The molecule has 0 spiro atoms. The topological polar surface area (TPSA) is 65.5 Å². The second-order valence-electron chi connectivity index (χ2n) is 6.33. The zero-order chi connectivity index (χ0) is 18.7. The highest BCUT2D eigenvalue weighted by atomic mass is 32.1. The van der Waals surface area contributed by atoms with Crippen LogP contribution in [-0.4, -0.2) is 54.3 Å². The molecule has 6 nitrogen and oxygen atoms in total. The standard InChI is InChI=1S/C18H21FN4O2S/c1-12-11-26-18(20-12)21-17(25)10-22-5-7-23(8-6-22)16-4-3-14(13(2)24)9-15(16)19/h3-4,9,11H,5-8,10H2,1-2H3,(H,20,21,25). The van der Waals surface area contributed by atoms with Crippen molar-refractivity contribution >= 4 is 33.8 Å². The number of carbonyl (C=O) groups is 2. The number of benzene rings is 1. The molecule has 138 valence electrons. The molecule has 1 fully saturated rings. The van der Waals surface area contributed by atoms with E-state index in [2.05, 4.69) is 10.3 Å². The second kappa shape index (κ2) is 7.92. The van der Waals surface area contributed by atoms with Crippen molar-refractivity contribution in [3.63, 3.8) is 0 Å². The van der Waals surface area contributed by atoms with Gasteiger partial charge in [0.05, 0.1) is 17.9 Å². The van der Waals surface area contributed by atoms with E-state index in [4.69, 9.17) is 0 Å². The lowest BCUT2D eigenvalue weighted by molar-refractivity contribution is -0.117. The normalized spacial score (nSPS) is 15.1. The second-order valence-corrected chi connectivity index (χ2v) is 7.19. The number of hydrogen-bond donors (Lipinski definition) is 1. The van der Waals surface area contributed by atoms with Gasteiger partial charge in [0.1, 0.15) is 5.82 Å². The highest BCUT2D eigenvalue weighted by molar-refractivity contribution is 7.13. The molecule has 1 amide bonds. The van der Waals surface area contributed by atoms with Crippen LogP contribution < -0.4 is 10.2 Å². The maximum atomic E-state index is 14.3. The maximum Gasteiger partial charge on any atom is 0.240 e. The third-order valence-corrected chi connectivity index (χ3v) is 5.18. The van der Waals surface area contributed by atoms with Crippen LogP contribution in [0.3, 0.4) is 0 Å². The van der Waals surface area contributed by atoms with Crippen LogP contribution in [0.5, 0.6) is 0 Å². The van der Waals surface area contributed by atoms with Gasteiger partial charge >= 0.3 is 0 Å². The van der Waals surface area contributed by atoms with Gasteiger partial charge in [0.15, 0.2) is 10.9 Å². The molecule has 1 saturated heterocycles. The highest BCUT2D eigenvalue weighted by Crippen LogP contribution is 2.22. The molecule has 0 radical (unpaired) electrons. The molecule has 3 rings (SSSR count). The molecule has 1 aliphatic rings. The van der Waals surface area contributed by atoms with Crippen molar-refractivity contribution in [2.45, 2.75) is 13.8 Å². The van der Waals surface area contributed by atoms with Crippen LogP contribution in [-0.2, 0) is 4.79 Å². The van der Waals surface area contributed by atoms with E-state index < -0.39 is 0 Å². The Morgan fingerprint density at radius 2 is 2.00 bits per heavy atom. The Hall–Kier alpha value is -2.32. The zero-order valence-electron chi connectivity index (χ0n) is 14.8. The van der Waals surface area contributed by atoms with Crippen molar-refractivity contribution in [2.75, 3.05) is 42.9 Å². The zero-order valence-corrected chi connectivity index (χ0v) is 15.6. The number of piperazine rings is 1. The first-order valence-electron chi connectivity index (χ1n) is 8.42. The number of carbonyl (C=O) groups excluding carboxylic acids is 2. The number of halogens is 1. The Morgan fingerprint density at radius 3 is 2.58 bits per heavy atom. The van der Waals surface area contributed by atoms with Gasteiger partial charge in [0, 0.05) is 37.1 Å². The number of rotatable bonds is 5. The van der Waals surface area contributed by atoms with E-state index in [1.54, 1.807) is 12.1 Å². The SMILES string of the molecule is CC(=O)c1ccc(N2CCN(CC(=O)Nc3nc(C)cs3)CC2)c(F)c1. The van der Waals surface area contributed by atoms with Gasteiger partial charge in [-0.1, -0.05) is 0 Å². The Balaban J connectivity index is 1.52. The van der Waals surface area contributed by atoms with E-state index in [0.717, 1.165) is 5.69 Å². The summed E-state index contributed by atoms with van der Waals surface area (Å²) >= 11 is 1.41. The molecular weight excluding hydrogens is 355 g/mol. The minimum Gasteiger partial charge on any atom is -0.367 e. The third kappa shape index (κ3) is 4.44. The van der Waals surface area contributed by atoms with Gasteiger partial charge in [-0.3, -0.25) is 14.5 Å². The summed E-state index contributed by atoms with van der Waals surface area (Å²) in [4.78, 5) is 31.6. The van der Waals surface area contributed by atoms with Gasteiger partial charge in [0.2, 0.25) is 5.91 Å². The lowest BCUT2D eigenvalue weighted by atomic mass is 10.1. The molecule has 0 saturated carbocycles. The van der Waals surface area contributed by atoms with Crippen LogP contribution in [0.1, 0.15) is 23.0 Å². The minimum atomic E-state index is -0.386. The maximum absolute atomic E-state index is 14.3. The van der Waals surface area contributed by atoms with Crippen molar-refractivity contribution in [1.82, 2.24) is 9.88 Å². The van der Waals surface area contributed by atoms with Crippen LogP contribution in [0.25, 0.3) is 0 Å². The number of nitrogens with zero attached hydrogens (tertiary/aromatic N) is 3. The highest BCUT2D eigenvalue weighted by Gasteiger charge is 2.21. The fourth-order valence-electron chi connectivity index (χ4n) is 2.90. The summed E-state index contributed by atoms with van der Waals surface area (Å²) in [7, 11) is 0. The van der Waals surface area contributed by atoms with Crippen LogP contribution in [0.2, 0.25) is 0 Å². The number of Topliss-reactive ketones (excluding diaryl/α,β-unsaturated/α-hetero) is 1. The first-order chi connectivity index (χ1) is 12.4. The fraction of sp³-hybridized carbons (Fsp3) is 0.389. The number of anilines is 2. The van der Waals surface area contributed by atoms with Crippen LogP contribution >= 0.6 is 11.3 Å². The van der Waals surface area contributed by atoms with Gasteiger partial charge in [-0.05, 0) is 32.0 Å². The average Bonchev–Trinajstić information content (AvgIpc) is 3.00. The van der Waals surface area contributed by atoms with Crippen molar-refractivity contribution in [3.05, 3.63) is 40.7 Å².